The highest BCUT2D eigenvalue weighted by molar-refractivity contribution is 6.00. The number of fused-ring (bicyclic) bond motifs is 1. The molecule has 1 aliphatic heterocycles. The van der Waals surface area contributed by atoms with Gasteiger partial charge in [-0.2, -0.15) is 5.10 Å². The van der Waals surface area contributed by atoms with E-state index in [0.29, 0.717) is 13.0 Å². The summed E-state index contributed by atoms with van der Waals surface area (Å²) in [6, 6.07) is 6.83. The standard InChI is InChI=1S/C28H37N5O5/c1-28(2,3)38-25(35)17-20-18-29-31(19-20)15-9-5-4-6-10-16-32-21-11-7-8-12-22(21)33(27(32)37)23-13-14-24(34)30-26(23)36/h7-8,11-12,18-19,23H,4-6,9-10,13-17H2,1-3H3,(H,30,34,36). The number of ether oxygens (including phenoxy) is 1. The van der Waals surface area contributed by atoms with E-state index in [4.69, 9.17) is 4.74 Å². The van der Waals surface area contributed by atoms with Crippen LogP contribution in [0, 0.1) is 0 Å². The second-order valence-corrected chi connectivity index (χ2v) is 10.9. The number of nitrogens with zero attached hydrogens (tertiary/aromatic N) is 4. The molecule has 204 valence electrons. The summed E-state index contributed by atoms with van der Waals surface area (Å²) in [6.07, 6.45) is 9.27. The van der Waals surface area contributed by atoms with Crippen molar-refractivity contribution in [2.24, 2.45) is 0 Å². The minimum absolute atomic E-state index is 0.207. The van der Waals surface area contributed by atoms with Crippen LogP contribution in [0.3, 0.4) is 0 Å². The first-order chi connectivity index (χ1) is 18.1. The number of carbonyl (C=O) groups excluding carboxylic acids is 3. The molecule has 0 saturated carbocycles. The van der Waals surface area contributed by atoms with Crippen LogP contribution in [-0.4, -0.2) is 42.3 Å². The van der Waals surface area contributed by atoms with Gasteiger partial charge in [-0.3, -0.25) is 33.5 Å². The highest BCUT2D eigenvalue weighted by Crippen LogP contribution is 2.23. The van der Waals surface area contributed by atoms with E-state index in [9.17, 15) is 19.2 Å². The van der Waals surface area contributed by atoms with E-state index in [1.807, 2.05) is 55.9 Å². The van der Waals surface area contributed by atoms with Gasteiger partial charge in [-0.15, -0.1) is 0 Å². The molecule has 3 aromatic rings. The summed E-state index contributed by atoms with van der Waals surface area (Å²) in [4.78, 5) is 49.3. The molecule has 0 bridgehead atoms. The van der Waals surface area contributed by atoms with Gasteiger partial charge in [0.15, 0.2) is 0 Å². The molecule has 0 aliphatic carbocycles. The molecule has 1 N–H and O–H groups in total. The van der Waals surface area contributed by atoms with Gasteiger partial charge in [0.05, 0.1) is 23.7 Å². The number of nitrogens with one attached hydrogen (secondary N) is 1. The lowest BCUT2D eigenvalue weighted by atomic mass is 10.1. The van der Waals surface area contributed by atoms with Crippen LogP contribution < -0.4 is 11.0 Å². The smallest absolute Gasteiger partial charge is 0.329 e. The summed E-state index contributed by atoms with van der Waals surface area (Å²) < 4.78 is 10.5. The Morgan fingerprint density at radius 3 is 2.42 bits per heavy atom. The number of piperidine rings is 1. The first-order valence-electron chi connectivity index (χ1n) is 13.4. The molecule has 1 unspecified atom stereocenters. The quantitative estimate of drug-likeness (QED) is 0.234. The number of carbonyl (C=O) groups is 3. The molecule has 1 aliphatic rings. The van der Waals surface area contributed by atoms with Gasteiger partial charge in [0.1, 0.15) is 11.6 Å². The van der Waals surface area contributed by atoms with Crippen LogP contribution in [0.2, 0.25) is 0 Å². The van der Waals surface area contributed by atoms with Gasteiger partial charge in [-0.25, -0.2) is 4.79 Å². The molecular weight excluding hydrogens is 486 g/mol. The lowest BCUT2D eigenvalue weighted by molar-refractivity contribution is -0.154. The van der Waals surface area contributed by atoms with Gasteiger partial charge in [0.25, 0.3) is 0 Å². The first-order valence-corrected chi connectivity index (χ1v) is 13.4. The number of hydrogen-bond donors (Lipinski definition) is 1. The lowest BCUT2D eigenvalue weighted by Gasteiger charge is -2.21. The first kappa shape index (κ1) is 27.3. The molecule has 1 saturated heterocycles. The summed E-state index contributed by atoms with van der Waals surface area (Å²) in [5.41, 5.74) is 1.67. The van der Waals surface area contributed by atoms with Crippen molar-refractivity contribution in [3.05, 3.63) is 52.7 Å². The van der Waals surface area contributed by atoms with E-state index in [1.54, 1.807) is 10.8 Å². The zero-order valence-electron chi connectivity index (χ0n) is 22.4. The van der Waals surface area contributed by atoms with Crippen molar-refractivity contribution in [1.82, 2.24) is 24.2 Å². The Morgan fingerprint density at radius 2 is 1.71 bits per heavy atom. The van der Waals surface area contributed by atoms with Gasteiger partial charge in [0.2, 0.25) is 11.8 Å². The van der Waals surface area contributed by atoms with Crippen molar-refractivity contribution < 1.29 is 19.1 Å². The zero-order valence-corrected chi connectivity index (χ0v) is 22.4. The maximum absolute atomic E-state index is 13.3. The summed E-state index contributed by atoms with van der Waals surface area (Å²) >= 11 is 0. The topological polar surface area (TPSA) is 117 Å². The van der Waals surface area contributed by atoms with Gasteiger partial charge >= 0.3 is 11.7 Å². The minimum atomic E-state index is -0.668. The van der Waals surface area contributed by atoms with Gasteiger partial charge in [0, 0.05) is 31.3 Å². The number of unbranched alkanes of at least 4 members (excludes halogenated alkanes) is 4. The lowest BCUT2D eigenvalue weighted by Crippen LogP contribution is -2.44. The number of amides is 2. The van der Waals surface area contributed by atoms with Crippen LogP contribution in [0.15, 0.2) is 41.5 Å². The summed E-state index contributed by atoms with van der Waals surface area (Å²) in [5.74, 6) is -0.964. The third-order valence-corrected chi connectivity index (χ3v) is 6.61. The average molecular weight is 524 g/mol. The third kappa shape index (κ3) is 6.79. The maximum Gasteiger partial charge on any atom is 0.329 e. The Hall–Kier alpha value is -3.69. The van der Waals surface area contributed by atoms with E-state index in [1.165, 1.54) is 4.57 Å². The molecule has 10 nitrogen and oxygen atoms in total. The van der Waals surface area contributed by atoms with Crippen LogP contribution >= 0.6 is 0 Å². The molecule has 0 spiro atoms. The number of aryl methyl sites for hydroxylation is 2. The number of imide groups is 1. The molecular formula is C28H37N5O5. The summed E-state index contributed by atoms with van der Waals surface area (Å²) in [5, 5.41) is 6.71. The van der Waals surface area contributed by atoms with Gasteiger partial charge < -0.3 is 4.74 Å². The monoisotopic (exact) mass is 523 g/mol. The van der Waals surface area contributed by atoms with E-state index in [2.05, 4.69) is 10.4 Å². The van der Waals surface area contributed by atoms with Crippen molar-refractivity contribution in [3.63, 3.8) is 0 Å². The Morgan fingerprint density at radius 1 is 1.03 bits per heavy atom. The second kappa shape index (κ2) is 11.8. The molecule has 1 atom stereocenters. The van der Waals surface area contributed by atoms with Crippen LogP contribution in [0.1, 0.15) is 77.3 Å². The fourth-order valence-corrected chi connectivity index (χ4v) is 4.92. The van der Waals surface area contributed by atoms with E-state index in [0.717, 1.165) is 55.2 Å². The Labute approximate surface area is 221 Å². The molecule has 3 heterocycles. The number of aromatic nitrogens is 4. The molecule has 1 fully saturated rings. The summed E-state index contributed by atoms with van der Waals surface area (Å²) in [7, 11) is 0. The fourth-order valence-electron chi connectivity index (χ4n) is 4.92. The normalized spacial score (nSPS) is 16.1. The van der Waals surface area contributed by atoms with Crippen molar-refractivity contribution in [3.8, 4) is 0 Å². The van der Waals surface area contributed by atoms with Crippen molar-refractivity contribution in [2.75, 3.05) is 0 Å². The van der Waals surface area contributed by atoms with Gasteiger partial charge in [-0.1, -0.05) is 31.4 Å². The number of hydrogen-bond acceptors (Lipinski definition) is 6. The number of rotatable bonds is 11. The zero-order chi connectivity index (χ0) is 27.3. The van der Waals surface area contributed by atoms with Crippen LogP contribution in [0.4, 0.5) is 0 Å². The summed E-state index contributed by atoms with van der Waals surface area (Å²) in [6.45, 7) is 6.92. The third-order valence-electron chi connectivity index (χ3n) is 6.61. The minimum Gasteiger partial charge on any atom is -0.460 e. The Bertz CT molecular complexity index is 1360. The van der Waals surface area contributed by atoms with Crippen LogP contribution in [0.5, 0.6) is 0 Å². The van der Waals surface area contributed by atoms with Crippen LogP contribution in [0.25, 0.3) is 11.0 Å². The van der Waals surface area contributed by atoms with Crippen LogP contribution in [-0.2, 0) is 38.6 Å². The number of para-hydroxylation sites is 2. The predicted octanol–water partition coefficient (Wildman–Crippen LogP) is 3.51. The Balaban J connectivity index is 1.24. The molecule has 2 aromatic heterocycles. The van der Waals surface area contributed by atoms with E-state index >= 15 is 0 Å². The van der Waals surface area contributed by atoms with Crippen molar-refractivity contribution in [1.29, 1.82) is 0 Å². The molecule has 1 aromatic carbocycles. The average Bonchev–Trinajstić information content (AvgIpc) is 3.39. The maximum atomic E-state index is 13.3. The Kier molecular flexibility index (Phi) is 8.48. The molecule has 38 heavy (non-hydrogen) atoms. The van der Waals surface area contributed by atoms with Crippen molar-refractivity contribution >= 4 is 28.8 Å². The predicted molar refractivity (Wildman–Crippen MR) is 142 cm³/mol. The number of benzene rings is 1. The molecule has 2 amide bonds. The highest BCUT2D eigenvalue weighted by atomic mass is 16.6. The molecule has 0 radical (unpaired) electrons. The van der Waals surface area contributed by atoms with Crippen molar-refractivity contribution in [2.45, 2.75) is 96.9 Å². The number of esters is 1. The van der Waals surface area contributed by atoms with Gasteiger partial charge in [-0.05, 0) is 52.2 Å². The molecule has 4 rings (SSSR count). The second-order valence-electron chi connectivity index (χ2n) is 10.9. The number of imidazole rings is 1. The SMILES string of the molecule is CC(C)(C)OC(=O)Cc1cnn(CCCCCCCn2c(=O)n(C3CCC(=O)NC3=O)c3ccccc32)c1. The molecule has 10 heteroatoms. The largest absolute Gasteiger partial charge is 0.460 e. The van der Waals surface area contributed by atoms with E-state index < -0.39 is 17.6 Å². The van der Waals surface area contributed by atoms with E-state index in [-0.39, 0.29) is 30.4 Å². The highest BCUT2D eigenvalue weighted by Gasteiger charge is 2.31. The fraction of sp³-hybridized carbons (Fsp3) is 0.536.